The third-order valence-corrected chi connectivity index (χ3v) is 3.53. The van der Waals surface area contributed by atoms with E-state index in [9.17, 15) is 19.4 Å². The van der Waals surface area contributed by atoms with Crippen molar-refractivity contribution < 1.29 is 38.3 Å². The Morgan fingerprint density at radius 3 is 2.77 bits per heavy atom. The Balaban J connectivity index is 2.11. The molecule has 0 saturated heterocycles. The number of rotatable bonds is 5. The van der Waals surface area contributed by atoms with Crippen LogP contribution in [0.3, 0.4) is 0 Å². The molecule has 2 N–H and O–H groups in total. The summed E-state index contributed by atoms with van der Waals surface area (Å²) in [7, 11) is -1.31. The van der Waals surface area contributed by atoms with Gasteiger partial charge in [0.15, 0.2) is 0 Å². The summed E-state index contributed by atoms with van der Waals surface area (Å²) in [6.07, 6.45) is -1.84. The van der Waals surface area contributed by atoms with E-state index in [2.05, 4.69) is 10.1 Å². The molecule has 0 spiro atoms. The van der Waals surface area contributed by atoms with Gasteiger partial charge in [-0.15, -0.1) is 0 Å². The van der Waals surface area contributed by atoms with Crippen molar-refractivity contribution in [3.05, 3.63) is 29.3 Å². The Hall–Kier alpha value is -2.75. The number of hydrogen-bond acceptors (Lipinski definition) is 8. The van der Waals surface area contributed by atoms with Crippen molar-refractivity contribution in [3.8, 4) is 5.75 Å². The summed E-state index contributed by atoms with van der Waals surface area (Å²) < 4.78 is 19.8. The minimum absolute atomic E-state index is 0.0714. The molecule has 1 aromatic carbocycles. The maximum atomic E-state index is 12.3. The van der Waals surface area contributed by atoms with E-state index in [0.29, 0.717) is 5.56 Å². The molecule has 0 aliphatic carbocycles. The summed E-state index contributed by atoms with van der Waals surface area (Å²) in [5, 5.41) is 12.6. The number of esters is 1. The van der Waals surface area contributed by atoms with Crippen molar-refractivity contribution in [1.29, 1.82) is 0 Å². The Morgan fingerprint density at radius 2 is 2.12 bits per heavy atom. The van der Waals surface area contributed by atoms with E-state index >= 15 is 0 Å². The normalized spacial score (nSPS) is 16.6. The van der Waals surface area contributed by atoms with Crippen molar-refractivity contribution in [2.24, 2.45) is 0 Å². The zero-order valence-corrected chi connectivity index (χ0v) is 14.7. The fourth-order valence-corrected chi connectivity index (χ4v) is 2.50. The molecule has 10 heteroatoms. The van der Waals surface area contributed by atoms with Gasteiger partial charge in [-0.2, -0.15) is 0 Å². The van der Waals surface area contributed by atoms with Gasteiger partial charge in [0, 0.05) is 13.8 Å². The van der Waals surface area contributed by atoms with Gasteiger partial charge in [-0.25, -0.2) is 9.59 Å². The first-order valence-electron chi connectivity index (χ1n) is 8.10. The number of amides is 1. The molecular weight excluding hydrogens is 345 g/mol. The molecular formula is C16H20BNO8. The molecule has 0 aromatic heterocycles. The van der Waals surface area contributed by atoms with Gasteiger partial charge in [0.2, 0.25) is 12.2 Å². The topological polar surface area (TPSA) is 120 Å². The third kappa shape index (κ3) is 4.88. The molecule has 1 aliphatic heterocycles. The number of carbonyl (C=O) groups excluding carboxylic acids is 3. The van der Waals surface area contributed by atoms with Crippen LogP contribution in [0.1, 0.15) is 36.7 Å². The maximum absolute atomic E-state index is 12.3. The molecule has 0 saturated carbocycles. The number of para-hydroxylation sites is 1. The molecule has 0 fully saturated rings. The number of fused-ring (bicyclic) bond motifs is 1. The van der Waals surface area contributed by atoms with Gasteiger partial charge >= 0.3 is 19.2 Å². The second kappa shape index (κ2) is 8.57. The monoisotopic (exact) mass is 365 g/mol. The highest BCUT2D eigenvalue weighted by atomic mass is 16.8. The van der Waals surface area contributed by atoms with Crippen LogP contribution in [0.25, 0.3) is 0 Å². The van der Waals surface area contributed by atoms with Gasteiger partial charge < -0.3 is 29.2 Å². The summed E-state index contributed by atoms with van der Waals surface area (Å²) >= 11 is 0. The van der Waals surface area contributed by atoms with E-state index in [1.54, 1.807) is 19.1 Å². The fraction of sp³-hybridized carbons (Fsp3) is 0.438. The summed E-state index contributed by atoms with van der Waals surface area (Å²) in [6, 6.07) is 4.80. The lowest BCUT2D eigenvalue weighted by Gasteiger charge is -2.29. The highest BCUT2D eigenvalue weighted by Gasteiger charge is 2.37. The molecule has 1 heterocycles. The molecule has 1 aromatic rings. The van der Waals surface area contributed by atoms with E-state index in [4.69, 9.17) is 14.1 Å². The molecule has 1 unspecified atom stereocenters. The van der Waals surface area contributed by atoms with Gasteiger partial charge in [0.1, 0.15) is 11.3 Å². The SMILES string of the molecule is CCOC(=O)OC(C)OC(=O)c1cccc2c1OB(O)[C@@H](NC(C)=O)C2. The van der Waals surface area contributed by atoms with Crippen LogP contribution in [0.2, 0.25) is 0 Å². The third-order valence-electron chi connectivity index (χ3n) is 3.53. The predicted octanol–water partition coefficient (Wildman–Crippen LogP) is 0.822. The van der Waals surface area contributed by atoms with E-state index < -0.39 is 31.5 Å². The summed E-state index contributed by atoms with van der Waals surface area (Å²) in [6.45, 7) is 4.45. The lowest BCUT2D eigenvalue weighted by molar-refractivity contribution is -0.119. The highest BCUT2D eigenvalue weighted by molar-refractivity contribution is 6.47. The van der Waals surface area contributed by atoms with Gasteiger partial charge in [-0.3, -0.25) is 4.79 Å². The van der Waals surface area contributed by atoms with E-state index in [-0.39, 0.29) is 30.2 Å². The lowest BCUT2D eigenvalue weighted by atomic mass is 9.72. The zero-order chi connectivity index (χ0) is 19.3. The summed E-state index contributed by atoms with van der Waals surface area (Å²) in [5.74, 6) is -1.56. The van der Waals surface area contributed by atoms with Gasteiger partial charge in [-0.05, 0) is 25.0 Å². The summed E-state index contributed by atoms with van der Waals surface area (Å²) in [4.78, 5) is 34.8. The quantitative estimate of drug-likeness (QED) is 0.447. The second-order valence-electron chi connectivity index (χ2n) is 5.59. The molecule has 26 heavy (non-hydrogen) atoms. The van der Waals surface area contributed by atoms with Crippen molar-refractivity contribution in [2.75, 3.05) is 6.61 Å². The first-order valence-corrected chi connectivity index (χ1v) is 8.10. The second-order valence-corrected chi connectivity index (χ2v) is 5.59. The molecule has 1 amide bonds. The Labute approximate surface area is 150 Å². The van der Waals surface area contributed by atoms with Crippen LogP contribution in [0.15, 0.2) is 18.2 Å². The number of hydrogen-bond donors (Lipinski definition) is 2. The minimum atomic E-state index is -1.31. The first kappa shape index (κ1) is 19.6. The van der Waals surface area contributed by atoms with Gasteiger partial charge in [0.25, 0.3) is 0 Å². The van der Waals surface area contributed by atoms with Crippen LogP contribution in [0, 0.1) is 0 Å². The maximum Gasteiger partial charge on any atom is 0.547 e. The van der Waals surface area contributed by atoms with Crippen LogP contribution >= 0.6 is 0 Å². The van der Waals surface area contributed by atoms with Crippen molar-refractivity contribution >= 4 is 25.2 Å². The standard InChI is InChI=1S/C16H20BNO8/c1-4-23-16(21)25-10(3)24-15(20)12-7-5-6-11-8-13(18-9(2)19)17(22)26-14(11)12/h5-7,10,13,22H,4,8H2,1-3H3,(H,18,19)/t10?,13-/m0/s1. The smallest absolute Gasteiger partial charge is 0.534 e. The van der Waals surface area contributed by atoms with Crippen LogP contribution in [-0.4, -0.2) is 49.0 Å². The largest absolute Gasteiger partial charge is 0.547 e. The average Bonchev–Trinajstić information content (AvgIpc) is 2.54. The lowest BCUT2D eigenvalue weighted by Crippen LogP contribution is -2.52. The van der Waals surface area contributed by atoms with Crippen molar-refractivity contribution in [1.82, 2.24) is 5.32 Å². The molecule has 9 nitrogen and oxygen atoms in total. The fourth-order valence-electron chi connectivity index (χ4n) is 2.50. The molecule has 1 aliphatic rings. The Kier molecular flexibility index (Phi) is 6.45. The Morgan fingerprint density at radius 1 is 1.38 bits per heavy atom. The molecule has 2 atom stereocenters. The zero-order valence-electron chi connectivity index (χ0n) is 14.7. The van der Waals surface area contributed by atoms with E-state index in [1.807, 2.05) is 0 Å². The van der Waals surface area contributed by atoms with Gasteiger partial charge in [-0.1, -0.05) is 12.1 Å². The average molecular weight is 365 g/mol. The van der Waals surface area contributed by atoms with E-state index in [0.717, 1.165) is 0 Å². The van der Waals surface area contributed by atoms with Crippen molar-refractivity contribution in [2.45, 2.75) is 39.4 Å². The van der Waals surface area contributed by atoms with Gasteiger partial charge in [0.05, 0.1) is 12.5 Å². The van der Waals surface area contributed by atoms with Crippen molar-refractivity contribution in [3.63, 3.8) is 0 Å². The predicted molar refractivity (Wildman–Crippen MR) is 89.3 cm³/mol. The number of nitrogens with one attached hydrogen (secondary N) is 1. The van der Waals surface area contributed by atoms with E-state index in [1.165, 1.54) is 19.9 Å². The first-order chi connectivity index (χ1) is 12.3. The minimum Gasteiger partial charge on any atom is -0.534 e. The van der Waals surface area contributed by atoms with Crippen LogP contribution in [0.5, 0.6) is 5.75 Å². The highest BCUT2D eigenvalue weighted by Crippen LogP contribution is 2.30. The summed E-state index contributed by atoms with van der Waals surface area (Å²) in [5.41, 5.74) is 0.699. The van der Waals surface area contributed by atoms with Crippen LogP contribution in [0.4, 0.5) is 4.79 Å². The molecule has 0 radical (unpaired) electrons. The molecule has 0 bridgehead atoms. The Bertz CT molecular complexity index is 695. The number of benzene rings is 1. The van der Waals surface area contributed by atoms with Crippen LogP contribution < -0.4 is 9.97 Å². The molecule has 140 valence electrons. The number of ether oxygens (including phenoxy) is 3. The van der Waals surface area contributed by atoms with Crippen LogP contribution in [-0.2, 0) is 25.4 Å². The molecule has 2 rings (SSSR count). The number of carbonyl (C=O) groups is 3.